The number of nitrogens with one attached hydrogen (secondary N) is 1. The maximum absolute atomic E-state index is 10.9. The van der Waals surface area contributed by atoms with Crippen molar-refractivity contribution in [1.29, 1.82) is 0 Å². The monoisotopic (exact) mass is 264 g/mol. The number of primary amides is 1. The summed E-state index contributed by atoms with van der Waals surface area (Å²) in [5, 5.41) is 2.67. The maximum atomic E-state index is 10.9. The summed E-state index contributed by atoms with van der Waals surface area (Å²) < 4.78 is 5.43. The second kappa shape index (κ2) is 5.95. The Morgan fingerprint density at radius 3 is 2.53 bits per heavy atom. The lowest BCUT2D eigenvalue weighted by Crippen LogP contribution is -2.39. The molecule has 0 spiro atoms. The molecule has 1 rings (SSSR count). The third-order valence-corrected chi connectivity index (χ3v) is 3.32. The summed E-state index contributed by atoms with van der Waals surface area (Å²) in [4.78, 5) is 10.9. The highest BCUT2D eigenvalue weighted by Gasteiger charge is 2.25. The summed E-state index contributed by atoms with van der Waals surface area (Å²) in [5.41, 5.74) is 7.23. The highest BCUT2D eigenvalue weighted by atomic mass is 16.5. The van der Waals surface area contributed by atoms with Gasteiger partial charge in [-0.05, 0) is 17.5 Å². The number of ether oxygens (including phenoxy) is 1. The fraction of sp³-hybridized carbons (Fsp3) is 0.533. The van der Waals surface area contributed by atoms with Crippen LogP contribution in [-0.2, 0) is 5.41 Å². The number of benzene rings is 1. The highest BCUT2D eigenvalue weighted by molar-refractivity contribution is 5.71. The quantitative estimate of drug-likeness (QED) is 0.859. The Morgan fingerprint density at radius 2 is 2.05 bits per heavy atom. The maximum Gasteiger partial charge on any atom is 0.312 e. The molecule has 0 heterocycles. The number of hydrogen-bond acceptors (Lipinski definition) is 2. The van der Waals surface area contributed by atoms with Crippen LogP contribution in [0.15, 0.2) is 18.2 Å². The van der Waals surface area contributed by atoms with Crippen molar-refractivity contribution in [2.75, 3.05) is 13.7 Å². The van der Waals surface area contributed by atoms with Crippen molar-refractivity contribution >= 4 is 6.03 Å². The molecule has 1 aromatic carbocycles. The Hall–Kier alpha value is -1.71. The van der Waals surface area contributed by atoms with Gasteiger partial charge in [-0.3, -0.25) is 0 Å². The van der Waals surface area contributed by atoms with E-state index in [-0.39, 0.29) is 5.41 Å². The third kappa shape index (κ3) is 3.88. The zero-order valence-corrected chi connectivity index (χ0v) is 12.4. The molecule has 0 saturated carbocycles. The molecule has 0 bridgehead atoms. The van der Waals surface area contributed by atoms with Crippen molar-refractivity contribution in [3.63, 3.8) is 0 Å². The van der Waals surface area contributed by atoms with Crippen LogP contribution in [0, 0.1) is 0 Å². The number of carbonyl (C=O) groups excluding carboxylic acids is 1. The predicted molar refractivity (Wildman–Crippen MR) is 77.7 cm³/mol. The number of urea groups is 1. The van der Waals surface area contributed by atoms with E-state index in [1.807, 2.05) is 6.07 Å². The summed E-state index contributed by atoms with van der Waals surface area (Å²) in [6.07, 6.45) is 0. The first kappa shape index (κ1) is 15.3. The van der Waals surface area contributed by atoms with E-state index >= 15 is 0 Å². The molecule has 0 radical (unpaired) electrons. The summed E-state index contributed by atoms with van der Waals surface area (Å²) in [5.74, 6) is 1.28. The first-order valence-electron chi connectivity index (χ1n) is 6.49. The van der Waals surface area contributed by atoms with E-state index in [1.54, 1.807) is 7.11 Å². The molecular formula is C15H24N2O2. The number of nitrogens with two attached hydrogens (primary N) is 1. The van der Waals surface area contributed by atoms with Crippen LogP contribution in [0.4, 0.5) is 4.79 Å². The Morgan fingerprint density at radius 1 is 1.42 bits per heavy atom. The number of rotatable bonds is 5. The van der Waals surface area contributed by atoms with Gasteiger partial charge >= 0.3 is 6.03 Å². The van der Waals surface area contributed by atoms with Gasteiger partial charge in [-0.25, -0.2) is 4.79 Å². The molecule has 0 saturated heterocycles. The zero-order valence-electron chi connectivity index (χ0n) is 12.4. The van der Waals surface area contributed by atoms with Gasteiger partial charge in [-0.1, -0.05) is 39.8 Å². The molecule has 0 fully saturated rings. The average Bonchev–Trinajstić information content (AvgIpc) is 2.35. The van der Waals surface area contributed by atoms with Crippen LogP contribution in [0.2, 0.25) is 0 Å². The number of carbonyl (C=O) groups is 1. The first-order chi connectivity index (χ1) is 8.77. The van der Waals surface area contributed by atoms with Crippen molar-refractivity contribution in [3.8, 4) is 5.75 Å². The molecule has 0 aliphatic carbocycles. The molecule has 0 atom stereocenters. The molecule has 1 aromatic rings. The summed E-state index contributed by atoms with van der Waals surface area (Å²) >= 11 is 0. The molecule has 0 unspecified atom stereocenters. The van der Waals surface area contributed by atoms with Gasteiger partial charge in [0.15, 0.2) is 0 Å². The van der Waals surface area contributed by atoms with Crippen LogP contribution >= 0.6 is 0 Å². The van der Waals surface area contributed by atoms with E-state index in [1.165, 1.54) is 5.56 Å². The molecule has 106 valence electrons. The summed E-state index contributed by atoms with van der Waals surface area (Å²) in [6.45, 7) is 8.90. The lowest BCUT2D eigenvalue weighted by Gasteiger charge is -2.28. The minimum absolute atomic E-state index is 0.245. The van der Waals surface area contributed by atoms with Crippen LogP contribution in [0.25, 0.3) is 0 Å². The molecular weight excluding hydrogens is 240 g/mol. The van der Waals surface area contributed by atoms with E-state index in [0.717, 1.165) is 11.3 Å². The van der Waals surface area contributed by atoms with Gasteiger partial charge in [-0.15, -0.1) is 0 Å². The third-order valence-electron chi connectivity index (χ3n) is 3.32. The van der Waals surface area contributed by atoms with Gasteiger partial charge in [0.1, 0.15) is 5.75 Å². The zero-order chi connectivity index (χ0) is 14.6. The van der Waals surface area contributed by atoms with Crippen LogP contribution in [-0.4, -0.2) is 19.7 Å². The number of amides is 2. The van der Waals surface area contributed by atoms with Gasteiger partial charge < -0.3 is 15.8 Å². The number of hydrogen-bond donors (Lipinski definition) is 2. The van der Waals surface area contributed by atoms with Crippen molar-refractivity contribution in [2.45, 2.75) is 39.0 Å². The van der Waals surface area contributed by atoms with Crippen molar-refractivity contribution in [3.05, 3.63) is 29.3 Å². The molecule has 0 aliphatic heterocycles. The lowest BCUT2D eigenvalue weighted by molar-refractivity contribution is 0.246. The average molecular weight is 264 g/mol. The smallest absolute Gasteiger partial charge is 0.312 e. The molecule has 3 N–H and O–H groups in total. The fourth-order valence-electron chi connectivity index (χ4n) is 2.02. The number of methoxy groups -OCH3 is 1. The molecule has 0 aromatic heterocycles. The Kier molecular flexibility index (Phi) is 4.81. The molecule has 2 amide bonds. The minimum Gasteiger partial charge on any atom is -0.496 e. The minimum atomic E-state index is -0.507. The van der Waals surface area contributed by atoms with Crippen molar-refractivity contribution < 1.29 is 9.53 Å². The summed E-state index contributed by atoms with van der Waals surface area (Å²) in [6, 6.07) is 5.69. The fourth-order valence-corrected chi connectivity index (χ4v) is 2.02. The van der Waals surface area contributed by atoms with Crippen molar-refractivity contribution in [1.82, 2.24) is 5.32 Å². The van der Waals surface area contributed by atoms with Gasteiger partial charge in [0.25, 0.3) is 0 Å². The van der Waals surface area contributed by atoms with Gasteiger partial charge in [0.2, 0.25) is 0 Å². The van der Waals surface area contributed by atoms with E-state index < -0.39 is 6.03 Å². The highest BCUT2D eigenvalue weighted by Crippen LogP contribution is 2.33. The lowest BCUT2D eigenvalue weighted by atomic mass is 9.82. The second-order valence-corrected chi connectivity index (χ2v) is 5.72. The van der Waals surface area contributed by atoms with Crippen LogP contribution in [0.1, 0.15) is 44.7 Å². The SMILES string of the molecule is COc1ccc(C(C)C)cc1C(C)(C)CNC(N)=O. The standard InChI is InChI=1S/C15H24N2O2/c1-10(2)11-6-7-13(19-5)12(8-11)15(3,4)9-17-14(16)18/h6-8,10H,9H2,1-5H3,(H3,16,17,18). The van der Waals surface area contributed by atoms with Crippen molar-refractivity contribution in [2.24, 2.45) is 5.73 Å². The second-order valence-electron chi connectivity index (χ2n) is 5.72. The molecule has 0 aliphatic rings. The van der Waals surface area contributed by atoms with Gasteiger partial charge in [0.05, 0.1) is 7.11 Å². The molecule has 19 heavy (non-hydrogen) atoms. The first-order valence-corrected chi connectivity index (χ1v) is 6.49. The predicted octanol–water partition coefficient (Wildman–Crippen LogP) is 2.76. The summed E-state index contributed by atoms with van der Waals surface area (Å²) in [7, 11) is 1.66. The Labute approximate surface area is 115 Å². The van der Waals surface area contributed by atoms with E-state index in [2.05, 4.69) is 45.1 Å². The van der Waals surface area contributed by atoms with Gasteiger partial charge in [0, 0.05) is 17.5 Å². The van der Waals surface area contributed by atoms with Gasteiger partial charge in [-0.2, -0.15) is 0 Å². The van der Waals surface area contributed by atoms with E-state index in [4.69, 9.17) is 10.5 Å². The van der Waals surface area contributed by atoms with Crippen LogP contribution < -0.4 is 15.8 Å². The molecule has 4 heteroatoms. The van der Waals surface area contributed by atoms with Crippen LogP contribution in [0.5, 0.6) is 5.75 Å². The molecule has 4 nitrogen and oxygen atoms in total. The Balaban J connectivity index is 3.13. The van der Waals surface area contributed by atoms with E-state index in [9.17, 15) is 4.79 Å². The topological polar surface area (TPSA) is 64.3 Å². The normalized spacial score (nSPS) is 11.5. The van der Waals surface area contributed by atoms with Crippen LogP contribution in [0.3, 0.4) is 0 Å². The Bertz CT molecular complexity index is 453. The van der Waals surface area contributed by atoms with E-state index in [0.29, 0.717) is 12.5 Å². The largest absolute Gasteiger partial charge is 0.496 e.